The van der Waals surface area contributed by atoms with E-state index in [1.807, 2.05) is 13.0 Å². The van der Waals surface area contributed by atoms with Crippen molar-refractivity contribution in [2.45, 2.75) is 30.5 Å². The zero-order valence-electron chi connectivity index (χ0n) is 13.2. The van der Waals surface area contributed by atoms with Crippen LogP contribution in [0.2, 0.25) is 0 Å². The average Bonchev–Trinajstić information content (AvgIpc) is 3.18. The molecule has 0 bridgehead atoms. The maximum absolute atomic E-state index is 13.4. The van der Waals surface area contributed by atoms with Crippen LogP contribution in [-0.4, -0.2) is 24.3 Å². The predicted molar refractivity (Wildman–Crippen MR) is 93.3 cm³/mol. The molecule has 0 fully saturated rings. The molecule has 1 aliphatic heterocycles. The zero-order chi connectivity index (χ0) is 16.9. The maximum Gasteiger partial charge on any atom is 0.252 e. The highest BCUT2D eigenvalue weighted by Gasteiger charge is 2.31. The molecule has 1 N–H and O–H groups in total. The first-order valence-electron chi connectivity index (χ1n) is 7.87. The highest BCUT2D eigenvalue weighted by molar-refractivity contribution is 7.91. The molecule has 7 heteroatoms. The van der Waals surface area contributed by atoms with Crippen LogP contribution >= 0.6 is 11.3 Å². The van der Waals surface area contributed by atoms with Crippen LogP contribution in [-0.2, 0) is 29.4 Å². The SMILES string of the molecule is CCc1ccc(S(=O)(=O)N2CCc3[nH]c4cc(F)ccc4c3C2)s1. The number of aryl methyl sites for hydroxylation is 1. The summed E-state index contributed by atoms with van der Waals surface area (Å²) >= 11 is 1.34. The lowest BCUT2D eigenvalue weighted by atomic mass is 10.1. The Morgan fingerprint density at radius 1 is 1.29 bits per heavy atom. The zero-order valence-corrected chi connectivity index (χ0v) is 14.8. The summed E-state index contributed by atoms with van der Waals surface area (Å²) in [6.45, 7) is 2.77. The van der Waals surface area contributed by atoms with Gasteiger partial charge in [0.05, 0.1) is 0 Å². The van der Waals surface area contributed by atoms with Crippen molar-refractivity contribution in [2.24, 2.45) is 0 Å². The Labute approximate surface area is 144 Å². The van der Waals surface area contributed by atoms with E-state index in [9.17, 15) is 12.8 Å². The van der Waals surface area contributed by atoms with Crippen LogP contribution in [0, 0.1) is 5.82 Å². The van der Waals surface area contributed by atoms with Crippen molar-refractivity contribution in [1.82, 2.24) is 9.29 Å². The third kappa shape index (κ3) is 2.47. The highest BCUT2D eigenvalue weighted by Crippen LogP contribution is 2.32. The largest absolute Gasteiger partial charge is 0.358 e. The smallest absolute Gasteiger partial charge is 0.252 e. The lowest BCUT2D eigenvalue weighted by Gasteiger charge is -2.25. The molecule has 0 aliphatic carbocycles. The molecule has 0 saturated carbocycles. The van der Waals surface area contributed by atoms with Gasteiger partial charge in [0.25, 0.3) is 10.0 Å². The van der Waals surface area contributed by atoms with Gasteiger partial charge in [-0.1, -0.05) is 6.92 Å². The van der Waals surface area contributed by atoms with Gasteiger partial charge in [0.1, 0.15) is 10.0 Å². The first-order chi connectivity index (χ1) is 11.5. The summed E-state index contributed by atoms with van der Waals surface area (Å²) in [6.07, 6.45) is 1.44. The van der Waals surface area contributed by atoms with Crippen molar-refractivity contribution in [2.75, 3.05) is 6.54 Å². The average molecular weight is 364 g/mol. The minimum absolute atomic E-state index is 0.295. The number of aromatic amines is 1. The van der Waals surface area contributed by atoms with E-state index in [0.29, 0.717) is 23.7 Å². The second-order valence-corrected chi connectivity index (χ2v) is 9.27. The lowest BCUT2D eigenvalue weighted by molar-refractivity contribution is 0.392. The molecule has 3 aromatic rings. The molecule has 1 aromatic carbocycles. The second-order valence-electron chi connectivity index (χ2n) is 5.93. The molecule has 24 heavy (non-hydrogen) atoms. The van der Waals surface area contributed by atoms with Gasteiger partial charge < -0.3 is 4.98 Å². The number of benzene rings is 1. The van der Waals surface area contributed by atoms with Crippen molar-refractivity contribution in [3.8, 4) is 0 Å². The first-order valence-corrected chi connectivity index (χ1v) is 10.1. The fraction of sp³-hybridized carbons (Fsp3) is 0.294. The first kappa shape index (κ1) is 15.8. The van der Waals surface area contributed by atoms with E-state index < -0.39 is 10.0 Å². The Morgan fingerprint density at radius 3 is 2.88 bits per heavy atom. The molecule has 4 nitrogen and oxygen atoms in total. The number of H-pyrrole nitrogens is 1. The number of nitrogens with one attached hydrogen (secondary N) is 1. The van der Waals surface area contributed by atoms with Gasteiger partial charge in [-0.2, -0.15) is 4.31 Å². The fourth-order valence-electron chi connectivity index (χ4n) is 3.19. The number of hydrogen-bond acceptors (Lipinski definition) is 3. The van der Waals surface area contributed by atoms with Gasteiger partial charge in [-0.3, -0.25) is 0 Å². The topological polar surface area (TPSA) is 53.2 Å². The van der Waals surface area contributed by atoms with E-state index in [-0.39, 0.29) is 5.82 Å². The Bertz CT molecular complexity index is 1020. The second kappa shape index (κ2) is 5.68. The van der Waals surface area contributed by atoms with Crippen LogP contribution in [0.4, 0.5) is 4.39 Å². The lowest BCUT2D eigenvalue weighted by Crippen LogP contribution is -2.35. The normalized spacial score (nSPS) is 15.8. The Kier molecular flexibility index (Phi) is 3.74. The number of fused-ring (bicyclic) bond motifs is 3. The van der Waals surface area contributed by atoms with Gasteiger partial charge in [0, 0.05) is 41.0 Å². The minimum Gasteiger partial charge on any atom is -0.358 e. The Balaban J connectivity index is 1.72. The summed E-state index contributed by atoms with van der Waals surface area (Å²) in [5.74, 6) is -0.295. The van der Waals surface area contributed by atoms with Crippen molar-refractivity contribution < 1.29 is 12.8 Å². The van der Waals surface area contributed by atoms with E-state index >= 15 is 0 Å². The van der Waals surface area contributed by atoms with E-state index in [2.05, 4.69) is 4.98 Å². The molecule has 0 amide bonds. The van der Waals surface area contributed by atoms with Crippen LogP contribution in [0.5, 0.6) is 0 Å². The molecular weight excluding hydrogens is 347 g/mol. The molecule has 2 aromatic heterocycles. The Hall–Kier alpha value is -1.70. The van der Waals surface area contributed by atoms with Crippen molar-refractivity contribution in [3.05, 3.63) is 52.3 Å². The van der Waals surface area contributed by atoms with Gasteiger partial charge in [-0.15, -0.1) is 11.3 Å². The van der Waals surface area contributed by atoms with Crippen LogP contribution in [0.15, 0.2) is 34.5 Å². The van der Waals surface area contributed by atoms with Gasteiger partial charge in [-0.05, 0) is 42.3 Å². The standard InChI is InChI=1S/C17H17FN2O2S2/c1-2-12-4-6-17(23-12)24(21,22)20-8-7-15-14(10-20)13-5-3-11(18)9-16(13)19-15/h3-6,9,19H,2,7-8,10H2,1H3. The minimum atomic E-state index is -3.48. The number of thiophene rings is 1. The van der Waals surface area contributed by atoms with Crippen LogP contribution in [0.3, 0.4) is 0 Å². The van der Waals surface area contributed by atoms with E-state index in [1.54, 1.807) is 12.1 Å². The summed E-state index contributed by atoms with van der Waals surface area (Å²) in [4.78, 5) is 4.29. The molecule has 0 unspecified atom stereocenters. The van der Waals surface area contributed by atoms with Gasteiger partial charge in [-0.25, -0.2) is 12.8 Å². The molecular formula is C17H17FN2O2S2. The molecule has 4 rings (SSSR count). The van der Waals surface area contributed by atoms with Gasteiger partial charge in [0.2, 0.25) is 0 Å². The number of sulfonamides is 1. The maximum atomic E-state index is 13.4. The number of halogens is 1. The number of nitrogens with zero attached hydrogens (tertiary/aromatic N) is 1. The summed E-state index contributed by atoms with van der Waals surface area (Å²) in [5.41, 5.74) is 2.68. The molecule has 0 spiro atoms. The van der Waals surface area contributed by atoms with Crippen LogP contribution in [0.25, 0.3) is 10.9 Å². The monoisotopic (exact) mass is 364 g/mol. The van der Waals surface area contributed by atoms with E-state index in [4.69, 9.17) is 0 Å². The molecule has 0 radical (unpaired) electrons. The van der Waals surface area contributed by atoms with Gasteiger partial charge in [0.15, 0.2) is 0 Å². The highest BCUT2D eigenvalue weighted by atomic mass is 32.2. The fourth-order valence-corrected chi connectivity index (χ4v) is 6.05. The quantitative estimate of drug-likeness (QED) is 0.771. The summed E-state index contributed by atoms with van der Waals surface area (Å²) in [5, 5.41) is 0.895. The van der Waals surface area contributed by atoms with Crippen LogP contribution < -0.4 is 0 Å². The molecule has 1 aliphatic rings. The van der Waals surface area contributed by atoms with E-state index in [0.717, 1.165) is 33.5 Å². The number of aromatic nitrogens is 1. The third-order valence-corrected chi connectivity index (χ3v) is 8.02. The number of hydrogen-bond donors (Lipinski definition) is 1. The summed E-state index contributed by atoms with van der Waals surface area (Å²) in [7, 11) is -3.48. The Morgan fingerprint density at radius 2 is 2.12 bits per heavy atom. The van der Waals surface area contributed by atoms with E-state index in [1.165, 1.54) is 27.8 Å². The molecule has 3 heterocycles. The summed E-state index contributed by atoms with van der Waals surface area (Å²) in [6, 6.07) is 8.16. The predicted octanol–water partition coefficient (Wildman–Crippen LogP) is 3.68. The molecule has 0 saturated heterocycles. The van der Waals surface area contributed by atoms with Crippen molar-refractivity contribution in [3.63, 3.8) is 0 Å². The van der Waals surface area contributed by atoms with Crippen molar-refractivity contribution in [1.29, 1.82) is 0 Å². The van der Waals surface area contributed by atoms with Gasteiger partial charge >= 0.3 is 0 Å². The molecule has 126 valence electrons. The number of rotatable bonds is 3. The van der Waals surface area contributed by atoms with Crippen LogP contribution in [0.1, 0.15) is 23.1 Å². The van der Waals surface area contributed by atoms with Crippen molar-refractivity contribution >= 4 is 32.3 Å². The molecule has 0 atom stereocenters. The third-order valence-electron chi connectivity index (χ3n) is 4.48. The summed E-state index contributed by atoms with van der Waals surface area (Å²) < 4.78 is 41.1.